The van der Waals surface area contributed by atoms with E-state index in [0.717, 1.165) is 63.7 Å². The van der Waals surface area contributed by atoms with E-state index < -0.39 is 6.10 Å². The zero-order valence-corrected chi connectivity index (χ0v) is 40.2. The Hall–Kier alpha value is -1.59. The van der Waals surface area contributed by atoms with Crippen LogP contribution < -0.4 is 0 Å². The van der Waals surface area contributed by atoms with E-state index in [1.807, 2.05) is 0 Å². The summed E-state index contributed by atoms with van der Waals surface area (Å²) in [6.45, 7) is 9.02. The molecule has 0 N–H and O–H groups in total. The lowest BCUT2D eigenvalue weighted by atomic mass is 10.0. The smallest absolute Gasteiger partial charge is 0.306 e. The zero-order valence-electron chi connectivity index (χ0n) is 40.2. The monoisotopic (exact) mass is 835 g/mol. The molecule has 0 spiro atoms. The van der Waals surface area contributed by atoms with Crippen LogP contribution in [0.25, 0.3) is 0 Å². The summed E-state index contributed by atoms with van der Waals surface area (Å²) in [5, 5.41) is 0. The quantitative estimate of drug-likeness (QED) is 0.0345. The van der Waals surface area contributed by atoms with E-state index in [2.05, 4.69) is 27.7 Å². The van der Waals surface area contributed by atoms with Crippen LogP contribution >= 0.6 is 0 Å². The first-order chi connectivity index (χ1) is 28.9. The molecule has 0 radical (unpaired) electrons. The molecule has 350 valence electrons. The fraction of sp³-hybridized carbons (Fsp3) is 0.943. The first-order valence-corrected chi connectivity index (χ1v) is 26.4. The molecule has 1 atom stereocenters. The van der Waals surface area contributed by atoms with Crippen LogP contribution in [0.2, 0.25) is 0 Å². The molecule has 59 heavy (non-hydrogen) atoms. The first-order valence-electron chi connectivity index (χ1n) is 26.4. The molecule has 0 rings (SSSR count). The minimum Gasteiger partial charge on any atom is -0.462 e. The predicted octanol–water partition coefficient (Wildman–Crippen LogP) is 17.1. The van der Waals surface area contributed by atoms with Gasteiger partial charge in [-0.05, 0) is 25.2 Å². The molecule has 0 saturated heterocycles. The summed E-state index contributed by atoms with van der Waals surface area (Å²) in [6.07, 6.45) is 49.4. The van der Waals surface area contributed by atoms with Crippen molar-refractivity contribution in [1.82, 2.24) is 0 Å². The molecule has 0 bridgehead atoms. The van der Waals surface area contributed by atoms with Gasteiger partial charge in [-0.15, -0.1) is 0 Å². The lowest BCUT2D eigenvalue weighted by Crippen LogP contribution is -2.30. The van der Waals surface area contributed by atoms with Crippen LogP contribution in [0.15, 0.2) is 0 Å². The largest absolute Gasteiger partial charge is 0.462 e. The summed E-state index contributed by atoms with van der Waals surface area (Å²) in [4.78, 5) is 37.9. The van der Waals surface area contributed by atoms with Gasteiger partial charge in [0.25, 0.3) is 0 Å². The maximum Gasteiger partial charge on any atom is 0.306 e. The molecule has 0 saturated carbocycles. The first kappa shape index (κ1) is 57.4. The molecule has 0 unspecified atom stereocenters. The van der Waals surface area contributed by atoms with E-state index in [1.165, 1.54) is 193 Å². The number of hydrogen-bond donors (Lipinski definition) is 0. The van der Waals surface area contributed by atoms with Gasteiger partial charge in [-0.25, -0.2) is 0 Å². The topological polar surface area (TPSA) is 78.9 Å². The van der Waals surface area contributed by atoms with Crippen molar-refractivity contribution >= 4 is 17.9 Å². The zero-order chi connectivity index (χ0) is 43.1. The normalized spacial score (nSPS) is 11.9. The minimum atomic E-state index is -0.760. The standard InChI is InChI=1S/C53H102O6/c1-5-7-9-11-13-15-17-18-19-20-21-26-30-34-38-42-46-53(56)59-50(47-57-51(54)44-40-36-32-28-16-14-12-10-8-6-2)48-58-52(55)45-41-37-33-29-25-23-22-24-27-31-35-39-43-49(3)4/h49-50H,5-48H2,1-4H3/t50-/m0/s1. The second-order valence-corrected chi connectivity index (χ2v) is 18.6. The van der Waals surface area contributed by atoms with E-state index >= 15 is 0 Å². The third kappa shape index (κ3) is 47.3. The van der Waals surface area contributed by atoms with Gasteiger partial charge in [0, 0.05) is 19.3 Å². The van der Waals surface area contributed by atoms with Gasteiger partial charge in [0.05, 0.1) is 0 Å². The average Bonchev–Trinajstić information content (AvgIpc) is 3.22. The molecule has 6 nitrogen and oxygen atoms in total. The number of hydrogen-bond acceptors (Lipinski definition) is 6. The molecule has 0 aromatic rings. The van der Waals surface area contributed by atoms with Crippen LogP contribution in [-0.2, 0) is 28.6 Å². The second-order valence-electron chi connectivity index (χ2n) is 18.6. The molecule has 0 fully saturated rings. The van der Waals surface area contributed by atoms with Crippen molar-refractivity contribution in [2.75, 3.05) is 13.2 Å². The highest BCUT2D eigenvalue weighted by molar-refractivity contribution is 5.71. The van der Waals surface area contributed by atoms with Crippen molar-refractivity contribution in [2.24, 2.45) is 5.92 Å². The average molecular weight is 835 g/mol. The van der Waals surface area contributed by atoms with Crippen molar-refractivity contribution in [3.8, 4) is 0 Å². The number of rotatable bonds is 48. The van der Waals surface area contributed by atoms with E-state index in [4.69, 9.17) is 14.2 Å². The third-order valence-electron chi connectivity index (χ3n) is 12.0. The molecule has 0 heterocycles. The second kappa shape index (κ2) is 47.5. The van der Waals surface area contributed by atoms with Crippen molar-refractivity contribution in [1.29, 1.82) is 0 Å². The molecule has 6 heteroatoms. The number of ether oxygens (including phenoxy) is 3. The van der Waals surface area contributed by atoms with Crippen molar-refractivity contribution < 1.29 is 28.6 Å². The van der Waals surface area contributed by atoms with Gasteiger partial charge >= 0.3 is 17.9 Å². The SMILES string of the molecule is CCCCCCCCCCCCCCCCCCC(=O)O[C@@H](COC(=O)CCCCCCCCCCCC)COC(=O)CCCCCCCCCCCCCCC(C)C. The van der Waals surface area contributed by atoms with Crippen molar-refractivity contribution in [2.45, 2.75) is 303 Å². The summed E-state index contributed by atoms with van der Waals surface area (Å²) in [5.74, 6) is -0.0101. The highest BCUT2D eigenvalue weighted by Crippen LogP contribution is 2.17. The molecule has 0 aliphatic rings. The van der Waals surface area contributed by atoms with Crippen LogP contribution in [0.5, 0.6) is 0 Å². The van der Waals surface area contributed by atoms with E-state index in [0.29, 0.717) is 19.3 Å². The van der Waals surface area contributed by atoms with Gasteiger partial charge in [0.2, 0.25) is 0 Å². The van der Waals surface area contributed by atoms with Crippen molar-refractivity contribution in [3.05, 3.63) is 0 Å². The Balaban J connectivity index is 4.28. The lowest BCUT2D eigenvalue weighted by Gasteiger charge is -2.18. The third-order valence-corrected chi connectivity index (χ3v) is 12.0. The van der Waals surface area contributed by atoms with Gasteiger partial charge in [-0.1, -0.05) is 259 Å². The van der Waals surface area contributed by atoms with E-state index in [1.54, 1.807) is 0 Å². The Morgan fingerprint density at radius 3 is 0.831 bits per heavy atom. The van der Waals surface area contributed by atoms with Gasteiger partial charge in [-0.3, -0.25) is 14.4 Å². The Morgan fingerprint density at radius 1 is 0.322 bits per heavy atom. The Bertz CT molecular complexity index is 887. The number of unbranched alkanes of at least 4 members (excludes halogenated alkanes) is 35. The molecular weight excluding hydrogens is 733 g/mol. The van der Waals surface area contributed by atoms with Crippen LogP contribution in [0.3, 0.4) is 0 Å². The number of esters is 3. The molecule has 0 aliphatic heterocycles. The summed E-state index contributed by atoms with van der Waals surface area (Å²) >= 11 is 0. The summed E-state index contributed by atoms with van der Waals surface area (Å²) in [6, 6.07) is 0. The lowest BCUT2D eigenvalue weighted by molar-refractivity contribution is -0.167. The number of carbonyl (C=O) groups is 3. The van der Waals surface area contributed by atoms with Gasteiger partial charge in [0.15, 0.2) is 6.10 Å². The Labute approximate surface area is 368 Å². The maximum atomic E-state index is 12.8. The predicted molar refractivity (Wildman–Crippen MR) is 252 cm³/mol. The van der Waals surface area contributed by atoms with Gasteiger partial charge in [-0.2, -0.15) is 0 Å². The molecule has 0 aliphatic carbocycles. The Kier molecular flexibility index (Phi) is 46.2. The van der Waals surface area contributed by atoms with Crippen LogP contribution in [-0.4, -0.2) is 37.2 Å². The molecular formula is C53H102O6. The van der Waals surface area contributed by atoms with Crippen LogP contribution in [0, 0.1) is 5.92 Å². The maximum absolute atomic E-state index is 12.8. The van der Waals surface area contributed by atoms with Crippen LogP contribution in [0.4, 0.5) is 0 Å². The van der Waals surface area contributed by atoms with Crippen molar-refractivity contribution in [3.63, 3.8) is 0 Å². The molecule has 0 aromatic heterocycles. The van der Waals surface area contributed by atoms with Crippen LogP contribution in [0.1, 0.15) is 297 Å². The summed E-state index contributed by atoms with van der Waals surface area (Å²) in [5.41, 5.74) is 0. The minimum absolute atomic E-state index is 0.0627. The fourth-order valence-corrected chi connectivity index (χ4v) is 8.04. The molecule has 0 amide bonds. The van der Waals surface area contributed by atoms with Gasteiger partial charge < -0.3 is 14.2 Å². The van der Waals surface area contributed by atoms with E-state index in [-0.39, 0.29) is 31.1 Å². The van der Waals surface area contributed by atoms with E-state index in [9.17, 15) is 14.4 Å². The highest BCUT2D eigenvalue weighted by Gasteiger charge is 2.19. The fourth-order valence-electron chi connectivity index (χ4n) is 8.04. The summed E-state index contributed by atoms with van der Waals surface area (Å²) < 4.78 is 16.8. The molecule has 0 aromatic carbocycles. The highest BCUT2D eigenvalue weighted by atomic mass is 16.6. The number of carbonyl (C=O) groups excluding carboxylic acids is 3. The van der Waals surface area contributed by atoms with Gasteiger partial charge in [0.1, 0.15) is 13.2 Å². The summed E-state index contributed by atoms with van der Waals surface area (Å²) in [7, 11) is 0. The Morgan fingerprint density at radius 2 is 0.559 bits per heavy atom.